The van der Waals surface area contributed by atoms with Crippen LogP contribution in [0.25, 0.3) is 0 Å². The molecular weight excluding hydrogens is 320 g/mol. The molecule has 0 radical (unpaired) electrons. The molecule has 2 aliphatic rings. The molecule has 1 amide bonds. The van der Waals surface area contributed by atoms with Gasteiger partial charge in [0.1, 0.15) is 6.33 Å². The average Bonchev–Trinajstić information content (AvgIpc) is 3.19. The lowest BCUT2D eigenvalue weighted by atomic mass is 9.76. The number of carbonyl (C=O) groups excluding carboxylic acids is 1. The van der Waals surface area contributed by atoms with E-state index in [1.165, 1.54) is 6.33 Å². The third-order valence-corrected chi connectivity index (χ3v) is 5.50. The second-order valence-corrected chi connectivity index (χ2v) is 7.23. The zero-order chi connectivity index (χ0) is 17.4. The summed E-state index contributed by atoms with van der Waals surface area (Å²) in [4.78, 5) is 29.1. The van der Waals surface area contributed by atoms with Gasteiger partial charge in [0.2, 0.25) is 5.89 Å². The van der Waals surface area contributed by atoms with Gasteiger partial charge < -0.3 is 9.42 Å². The van der Waals surface area contributed by atoms with E-state index in [2.05, 4.69) is 32.1 Å². The zero-order valence-electron chi connectivity index (χ0n) is 14.6. The fourth-order valence-electron chi connectivity index (χ4n) is 4.15. The number of rotatable bonds is 2. The highest BCUT2D eigenvalue weighted by molar-refractivity contribution is 5.93. The van der Waals surface area contributed by atoms with Crippen molar-refractivity contribution in [2.24, 2.45) is 5.41 Å². The van der Waals surface area contributed by atoms with Crippen LogP contribution in [0.1, 0.15) is 47.4 Å². The van der Waals surface area contributed by atoms with Crippen molar-refractivity contribution in [2.45, 2.75) is 32.2 Å². The van der Waals surface area contributed by atoms with Gasteiger partial charge in [-0.1, -0.05) is 5.16 Å². The third kappa shape index (κ3) is 3.02. The molecule has 1 atom stereocenters. The van der Waals surface area contributed by atoms with Crippen LogP contribution in [0.5, 0.6) is 0 Å². The summed E-state index contributed by atoms with van der Waals surface area (Å²) in [6.07, 6.45) is 7.60. The van der Waals surface area contributed by atoms with Crippen molar-refractivity contribution < 1.29 is 9.32 Å². The Morgan fingerprint density at radius 1 is 1.28 bits per heavy atom. The number of hydrogen-bond acceptors (Lipinski definition) is 7. The number of likely N-dealkylation sites (tertiary alicyclic amines) is 2. The highest BCUT2D eigenvalue weighted by Crippen LogP contribution is 2.47. The molecule has 2 aliphatic heterocycles. The van der Waals surface area contributed by atoms with Gasteiger partial charge in [-0.3, -0.25) is 9.69 Å². The molecule has 4 rings (SSSR count). The van der Waals surface area contributed by atoms with Crippen molar-refractivity contribution in [1.82, 2.24) is 29.9 Å². The third-order valence-electron chi connectivity index (χ3n) is 5.50. The summed E-state index contributed by atoms with van der Waals surface area (Å²) in [5, 5.41) is 4.10. The van der Waals surface area contributed by atoms with Gasteiger partial charge in [0, 0.05) is 39.0 Å². The minimum absolute atomic E-state index is 0.0205. The Kier molecular flexibility index (Phi) is 3.99. The molecule has 132 valence electrons. The summed E-state index contributed by atoms with van der Waals surface area (Å²) in [7, 11) is 2.12. The normalized spacial score (nSPS) is 23.3. The number of piperidine rings is 1. The summed E-state index contributed by atoms with van der Waals surface area (Å²) in [6.45, 7) is 4.35. The lowest BCUT2D eigenvalue weighted by molar-refractivity contribution is 0.0592. The fraction of sp³-hybridized carbons (Fsp3) is 0.588. The molecule has 0 bridgehead atoms. The Balaban J connectivity index is 1.42. The first kappa shape index (κ1) is 16.1. The average molecular weight is 342 g/mol. The summed E-state index contributed by atoms with van der Waals surface area (Å²) in [5.74, 6) is 1.40. The summed E-state index contributed by atoms with van der Waals surface area (Å²) in [6, 6.07) is 0.197. The molecule has 0 N–H and O–H groups in total. The Hall–Kier alpha value is -2.35. The van der Waals surface area contributed by atoms with Crippen LogP contribution in [0.2, 0.25) is 0 Å². The number of aryl methyl sites for hydroxylation is 1. The molecule has 4 heterocycles. The molecule has 8 nitrogen and oxygen atoms in total. The molecule has 1 spiro atoms. The van der Waals surface area contributed by atoms with E-state index in [0.717, 1.165) is 44.7 Å². The van der Waals surface area contributed by atoms with E-state index in [-0.39, 0.29) is 17.4 Å². The topological polar surface area (TPSA) is 88.3 Å². The van der Waals surface area contributed by atoms with Crippen molar-refractivity contribution in [1.29, 1.82) is 0 Å². The van der Waals surface area contributed by atoms with Gasteiger partial charge in [0.05, 0.1) is 11.6 Å². The summed E-state index contributed by atoms with van der Waals surface area (Å²) in [5.41, 5.74) is 0.778. The van der Waals surface area contributed by atoms with Crippen LogP contribution in [-0.2, 0) is 0 Å². The number of nitrogens with zero attached hydrogens (tertiary/aromatic N) is 6. The van der Waals surface area contributed by atoms with Gasteiger partial charge >= 0.3 is 0 Å². The van der Waals surface area contributed by atoms with Gasteiger partial charge in [-0.15, -0.1) is 0 Å². The fourth-order valence-corrected chi connectivity index (χ4v) is 4.15. The standard InChI is InChI=1S/C17H22N6O2/c1-12-20-15(21-25-12)14-7-17(10-22(14)2)3-5-23(6-4-17)16(24)13-8-18-11-19-9-13/h8-9,11,14H,3-7,10H2,1-2H3. The SMILES string of the molecule is Cc1nc(C2CC3(CCN(C(=O)c4cncnc4)CC3)CN2C)no1. The maximum Gasteiger partial charge on any atom is 0.256 e. The van der Waals surface area contributed by atoms with Gasteiger partial charge in [0.25, 0.3) is 5.91 Å². The molecule has 2 aromatic rings. The van der Waals surface area contributed by atoms with E-state index in [0.29, 0.717) is 11.5 Å². The molecular formula is C17H22N6O2. The van der Waals surface area contributed by atoms with E-state index in [1.807, 2.05) is 11.8 Å². The van der Waals surface area contributed by atoms with Crippen LogP contribution < -0.4 is 0 Å². The number of amides is 1. The van der Waals surface area contributed by atoms with Gasteiger partial charge in [-0.25, -0.2) is 9.97 Å². The Morgan fingerprint density at radius 2 is 2.00 bits per heavy atom. The van der Waals surface area contributed by atoms with Crippen LogP contribution in [0.4, 0.5) is 0 Å². The first-order chi connectivity index (χ1) is 12.1. The second-order valence-electron chi connectivity index (χ2n) is 7.23. The highest BCUT2D eigenvalue weighted by Gasteiger charge is 2.46. The largest absolute Gasteiger partial charge is 0.340 e. The predicted molar refractivity (Wildman–Crippen MR) is 88.6 cm³/mol. The molecule has 0 saturated carbocycles. The Morgan fingerprint density at radius 3 is 2.64 bits per heavy atom. The van der Waals surface area contributed by atoms with Crippen molar-refractivity contribution in [3.05, 3.63) is 36.0 Å². The van der Waals surface area contributed by atoms with E-state index in [4.69, 9.17) is 4.52 Å². The van der Waals surface area contributed by atoms with Crippen LogP contribution in [0, 0.1) is 12.3 Å². The van der Waals surface area contributed by atoms with Crippen molar-refractivity contribution in [3.63, 3.8) is 0 Å². The lowest BCUT2D eigenvalue weighted by Crippen LogP contribution is -2.44. The van der Waals surface area contributed by atoms with E-state index in [1.54, 1.807) is 12.4 Å². The maximum atomic E-state index is 12.6. The maximum absolute atomic E-state index is 12.6. The monoisotopic (exact) mass is 342 g/mol. The van der Waals surface area contributed by atoms with Crippen molar-refractivity contribution >= 4 is 5.91 Å². The van der Waals surface area contributed by atoms with Gasteiger partial charge in [0.15, 0.2) is 5.82 Å². The number of carbonyl (C=O) groups is 1. The lowest BCUT2D eigenvalue weighted by Gasteiger charge is -2.39. The molecule has 2 fully saturated rings. The Labute approximate surface area is 146 Å². The molecule has 1 unspecified atom stereocenters. The molecule has 25 heavy (non-hydrogen) atoms. The summed E-state index contributed by atoms with van der Waals surface area (Å²) < 4.78 is 5.15. The second kappa shape index (κ2) is 6.18. The first-order valence-corrected chi connectivity index (χ1v) is 8.61. The Bertz CT molecular complexity index is 754. The van der Waals surface area contributed by atoms with Crippen LogP contribution in [-0.4, -0.2) is 62.5 Å². The zero-order valence-corrected chi connectivity index (χ0v) is 14.6. The highest BCUT2D eigenvalue weighted by atomic mass is 16.5. The number of aromatic nitrogens is 4. The van der Waals surface area contributed by atoms with Crippen LogP contribution in [0.15, 0.2) is 23.2 Å². The van der Waals surface area contributed by atoms with Crippen molar-refractivity contribution in [2.75, 3.05) is 26.7 Å². The molecule has 0 aromatic carbocycles. The predicted octanol–water partition coefficient (Wildman–Crippen LogP) is 1.47. The quantitative estimate of drug-likeness (QED) is 0.816. The van der Waals surface area contributed by atoms with E-state index < -0.39 is 0 Å². The first-order valence-electron chi connectivity index (χ1n) is 8.61. The molecule has 2 saturated heterocycles. The smallest absolute Gasteiger partial charge is 0.256 e. The van der Waals surface area contributed by atoms with E-state index >= 15 is 0 Å². The minimum atomic E-state index is 0.0205. The van der Waals surface area contributed by atoms with Crippen molar-refractivity contribution in [3.8, 4) is 0 Å². The van der Waals surface area contributed by atoms with Gasteiger partial charge in [-0.2, -0.15) is 4.98 Å². The summed E-state index contributed by atoms with van der Waals surface area (Å²) >= 11 is 0. The van der Waals surface area contributed by atoms with Crippen LogP contribution >= 0.6 is 0 Å². The van der Waals surface area contributed by atoms with Crippen LogP contribution in [0.3, 0.4) is 0 Å². The number of hydrogen-bond donors (Lipinski definition) is 0. The van der Waals surface area contributed by atoms with Gasteiger partial charge in [-0.05, 0) is 31.7 Å². The van der Waals surface area contributed by atoms with E-state index in [9.17, 15) is 4.79 Å². The minimum Gasteiger partial charge on any atom is -0.340 e. The molecule has 0 aliphatic carbocycles. The molecule has 2 aromatic heterocycles. The molecule has 8 heteroatoms.